The van der Waals surface area contributed by atoms with Crippen LogP contribution in [0.25, 0.3) is 0 Å². The molecule has 0 saturated carbocycles. The van der Waals surface area contributed by atoms with E-state index in [4.69, 9.17) is 0 Å². The van der Waals surface area contributed by atoms with Gasteiger partial charge in [0.15, 0.2) is 6.10 Å². The summed E-state index contributed by atoms with van der Waals surface area (Å²) in [7, 11) is 1.22. The Balaban J connectivity index is 2.33. The van der Waals surface area contributed by atoms with Crippen LogP contribution < -0.4 is 0 Å². The van der Waals surface area contributed by atoms with Gasteiger partial charge >= 0.3 is 5.97 Å². The molecule has 0 spiro atoms. The number of benzene rings is 1. The van der Waals surface area contributed by atoms with Crippen molar-refractivity contribution in [1.82, 2.24) is 0 Å². The summed E-state index contributed by atoms with van der Waals surface area (Å²) in [5, 5.41) is 19.4. The molecule has 0 saturated heterocycles. The van der Waals surface area contributed by atoms with Crippen molar-refractivity contribution < 1.29 is 14.6 Å². The van der Waals surface area contributed by atoms with E-state index in [1.807, 2.05) is 24.3 Å². The molecule has 1 aliphatic carbocycles. The van der Waals surface area contributed by atoms with E-state index in [0.29, 0.717) is 19.3 Å². The summed E-state index contributed by atoms with van der Waals surface area (Å²) < 4.78 is 4.54. The number of nitriles is 1. The molecule has 94 valence electrons. The van der Waals surface area contributed by atoms with Crippen LogP contribution >= 0.6 is 0 Å². The van der Waals surface area contributed by atoms with Crippen molar-refractivity contribution in [2.24, 2.45) is 5.41 Å². The van der Waals surface area contributed by atoms with E-state index in [-0.39, 0.29) is 0 Å². The minimum absolute atomic E-state index is 0.385. The van der Waals surface area contributed by atoms with Gasteiger partial charge < -0.3 is 9.84 Å². The zero-order chi connectivity index (χ0) is 13.2. The average molecular weight is 245 g/mol. The lowest BCUT2D eigenvalue weighted by atomic mass is 9.69. The van der Waals surface area contributed by atoms with Gasteiger partial charge in [-0.2, -0.15) is 5.26 Å². The Morgan fingerprint density at radius 1 is 1.50 bits per heavy atom. The Labute approximate surface area is 106 Å². The fourth-order valence-electron chi connectivity index (χ4n) is 2.49. The van der Waals surface area contributed by atoms with Crippen LogP contribution in [0.2, 0.25) is 0 Å². The normalized spacial score (nSPS) is 23.6. The fraction of sp³-hybridized carbons (Fsp3) is 0.429. The van der Waals surface area contributed by atoms with Crippen LogP contribution in [0.3, 0.4) is 0 Å². The van der Waals surface area contributed by atoms with Gasteiger partial charge in [-0.1, -0.05) is 24.3 Å². The van der Waals surface area contributed by atoms with Crippen molar-refractivity contribution in [2.45, 2.75) is 25.4 Å². The molecule has 0 fully saturated rings. The zero-order valence-corrected chi connectivity index (χ0v) is 10.2. The molecule has 2 rings (SSSR count). The highest BCUT2D eigenvalue weighted by atomic mass is 16.5. The van der Waals surface area contributed by atoms with Crippen LogP contribution in [0.1, 0.15) is 17.5 Å². The average Bonchev–Trinajstić information content (AvgIpc) is 2.45. The lowest BCUT2D eigenvalue weighted by Gasteiger charge is -2.34. The smallest absolute Gasteiger partial charge is 0.336 e. The number of carbonyl (C=O) groups is 1. The molecule has 0 aliphatic heterocycles. The molecular weight excluding hydrogens is 230 g/mol. The standard InChI is InChI=1S/C14H15NO3/c1-18-13(17)12(16)14(9-15)7-6-10-4-2-3-5-11(10)8-14/h2-5,12,16H,6-8H2,1H3. The molecule has 1 aliphatic rings. The summed E-state index contributed by atoms with van der Waals surface area (Å²) in [5.41, 5.74) is 1.13. The van der Waals surface area contributed by atoms with Gasteiger partial charge in [-0.3, -0.25) is 0 Å². The van der Waals surface area contributed by atoms with Gasteiger partial charge in [-0.05, 0) is 30.4 Å². The number of nitrogens with zero attached hydrogens (tertiary/aromatic N) is 1. The molecule has 0 radical (unpaired) electrons. The predicted octanol–water partition coefficient (Wildman–Crippen LogP) is 1.22. The monoisotopic (exact) mass is 245 g/mol. The van der Waals surface area contributed by atoms with E-state index in [0.717, 1.165) is 5.56 Å². The fourth-order valence-corrected chi connectivity index (χ4v) is 2.49. The minimum atomic E-state index is -1.39. The molecule has 1 aromatic carbocycles. The second-order valence-electron chi connectivity index (χ2n) is 4.64. The molecule has 1 N–H and O–H groups in total. The molecule has 18 heavy (non-hydrogen) atoms. The summed E-state index contributed by atoms with van der Waals surface area (Å²) in [6.45, 7) is 0. The summed E-state index contributed by atoms with van der Waals surface area (Å²) in [4.78, 5) is 11.5. The first-order chi connectivity index (χ1) is 8.63. The van der Waals surface area contributed by atoms with Crippen LogP contribution in [0.4, 0.5) is 0 Å². The van der Waals surface area contributed by atoms with Crippen molar-refractivity contribution >= 4 is 5.97 Å². The van der Waals surface area contributed by atoms with E-state index in [2.05, 4.69) is 10.8 Å². The number of hydrogen-bond acceptors (Lipinski definition) is 4. The number of aliphatic hydroxyl groups is 1. The van der Waals surface area contributed by atoms with Gasteiger partial charge in [0.2, 0.25) is 0 Å². The van der Waals surface area contributed by atoms with Gasteiger partial charge in [-0.25, -0.2) is 4.79 Å². The highest BCUT2D eigenvalue weighted by molar-refractivity contribution is 5.76. The molecule has 2 atom stereocenters. The molecule has 0 aromatic heterocycles. The van der Waals surface area contributed by atoms with Crippen molar-refractivity contribution in [3.05, 3.63) is 35.4 Å². The van der Waals surface area contributed by atoms with Crippen LogP contribution in [0.5, 0.6) is 0 Å². The van der Waals surface area contributed by atoms with Crippen LogP contribution in [0.15, 0.2) is 24.3 Å². The number of methoxy groups -OCH3 is 1. The molecule has 4 heteroatoms. The van der Waals surface area contributed by atoms with Crippen molar-refractivity contribution in [3.63, 3.8) is 0 Å². The SMILES string of the molecule is COC(=O)C(O)C1(C#N)CCc2ccccc2C1. The number of esters is 1. The number of aryl methyl sites for hydroxylation is 1. The molecule has 0 heterocycles. The maximum Gasteiger partial charge on any atom is 0.336 e. The third-order valence-corrected chi connectivity index (χ3v) is 3.64. The van der Waals surface area contributed by atoms with Gasteiger partial charge in [0, 0.05) is 0 Å². The predicted molar refractivity (Wildman–Crippen MR) is 64.5 cm³/mol. The number of fused-ring (bicyclic) bond motifs is 1. The number of ether oxygens (including phenoxy) is 1. The Morgan fingerprint density at radius 3 is 2.78 bits per heavy atom. The Hall–Kier alpha value is -1.86. The lowest BCUT2D eigenvalue weighted by molar-refractivity contribution is -0.156. The maximum atomic E-state index is 11.5. The number of rotatable bonds is 2. The number of hydrogen-bond donors (Lipinski definition) is 1. The second kappa shape index (κ2) is 4.79. The zero-order valence-electron chi connectivity index (χ0n) is 10.2. The van der Waals surface area contributed by atoms with E-state index in [9.17, 15) is 15.2 Å². The van der Waals surface area contributed by atoms with E-state index in [1.165, 1.54) is 12.7 Å². The quantitative estimate of drug-likeness (QED) is 0.795. The second-order valence-corrected chi connectivity index (χ2v) is 4.64. The van der Waals surface area contributed by atoms with E-state index in [1.54, 1.807) is 0 Å². The molecular formula is C14H15NO3. The van der Waals surface area contributed by atoms with Gasteiger partial charge in [0.05, 0.1) is 18.6 Å². The van der Waals surface area contributed by atoms with Crippen molar-refractivity contribution in [1.29, 1.82) is 5.26 Å². The summed E-state index contributed by atoms with van der Waals surface area (Å²) in [6, 6.07) is 9.93. The highest BCUT2D eigenvalue weighted by Crippen LogP contribution is 2.38. The van der Waals surface area contributed by atoms with Crippen molar-refractivity contribution in [3.8, 4) is 6.07 Å². The van der Waals surface area contributed by atoms with E-state index < -0.39 is 17.5 Å². The molecule has 0 amide bonds. The summed E-state index contributed by atoms with van der Waals surface area (Å²) in [6.07, 6.45) is 0.158. The number of carbonyl (C=O) groups excluding carboxylic acids is 1. The third-order valence-electron chi connectivity index (χ3n) is 3.64. The largest absolute Gasteiger partial charge is 0.467 e. The van der Waals surface area contributed by atoms with Gasteiger partial charge in [0.1, 0.15) is 0 Å². The van der Waals surface area contributed by atoms with Gasteiger partial charge in [0.25, 0.3) is 0 Å². The topological polar surface area (TPSA) is 70.3 Å². The summed E-state index contributed by atoms with van der Waals surface area (Å²) >= 11 is 0. The number of aliphatic hydroxyl groups excluding tert-OH is 1. The highest BCUT2D eigenvalue weighted by Gasteiger charge is 2.45. The maximum absolute atomic E-state index is 11.5. The summed E-state index contributed by atoms with van der Waals surface area (Å²) in [5.74, 6) is -0.740. The first-order valence-corrected chi connectivity index (χ1v) is 5.87. The lowest BCUT2D eigenvalue weighted by Crippen LogP contribution is -2.44. The third kappa shape index (κ3) is 1.98. The minimum Gasteiger partial charge on any atom is -0.467 e. The van der Waals surface area contributed by atoms with Crippen LogP contribution in [0, 0.1) is 16.7 Å². The van der Waals surface area contributed by atoms with Gasteiger partial charge in [-0.15, -0.1) is 0 Å². The Morgan fingerprint density at radius 2 is 2.17 bits per heavy atom. The molecule has 4 nitrogen and oxygen atoms in total. The Bertz CT molecular complexity index is 506. The van der Waals surface area contributed by atoms with Crippen LogP contribution in [-0.2, 0) is 22.4 Å². The molecule has 0 bridgehead atoms. The molecule has 1 aromatic rings. The Kier molecular flexibility index (Phi) is 3.35. The first kappa shape index (κ1) is 12.6. The van der Waals surface area contributed by atoms with E-state index >= 15 is 0 Å². The van der Waals surface area contributed by atoms with Crippen LogP contribution in [-0.4, -0.2) is 24.3 Å². The molecule has 2 unspecified atom stereocenters. The first-order valence-electron chi connectivity index (χ1n) is 5.87. The van der Waals surface area contributed by atoms with Crippen molar-refractivity contribution in [2.75, 3.05) is 7.11 Å².